The van der Waals surface area contributed by atoms with E-state index in [0.717, 1.165) is 24.4 Å². The lowest BCUT2D eigenvalue weighted by Crippen LogP contribution is -2.35. The maximum atomic E-state index is 11.9. The van der Waals surface area contributed by atoms with Gasteiger partial charge < -0.3 is 10.2 Å². The summed E-state index contributed by atoms with van der Waals surface area (Å²) in [6.45, 7) is 2.93. The number of nitrogens with zero attached hydrogens (tertiary/aromatic N) is 2. The number of amides is 1. The lowest BCUT2D eigenvalue weighted by atomic mass is 10.2. The Morgan fingerprint density at radius 1 is 1.43 bits per heavy atom. The van der Waals surface area contributed by atoms with Crippen LogP contribution in [0, 0.1) is 11.3 Å². The standard InChI is InChI=1S/C16H23N3OS/c1-4-15(12-21-3)19(2)10-9-16(20)18-14-7-5-13(11-17)6-8-14/h5-8,15H,4,9-10,12H2,1-3H3,(H,18,20). The van der Waals surface area contributed by atoms with Gasteiger partial charge in [-0.15, -0.1) is 0 Å². The third-order valence-corrected chi connectivity index (χ3v) is 4.16. The number of nitrogens with one attached hydrogen (secondary N) is 1. The predicted octanol–water partition coefficient (Wildman–Crippen LogP) is 2.96. The Hall–Kier alpha value is -1.51. The highest BCUT2D eigenvalue weighted by molar-refractivity contribution is 7.98. The Labute approximate surface area is 131 Å². The maximum absolute atomic E-state index is 11.9. The first-order valence-corrected chi connectivity index (χ1v) is 8.49. The second kappa shape index (κ2) is 9.43. The Morgan fingerprint density at radius 2 is 2.10 bits per heavy atom. The molecule has 0 fully saturated rings. The second-order valence-electron chi connectivity index (χ2n) is 4.99. The molecule has 5 heteroatoms. The number of nitriles is 1. The number of carbonyl (C=O) groups excluding carboxylic acids is 1. The number of thioether (sulfide) groups is 1. The van der Waals surface area contributed by atoms with Gasteiger partial charge in [0.15, 0.2) is 0 Å². The van der Waals surface area contributed by atoms with Crippen molar-refractivity contribution in [3.05, 3.63) is 29.8 Å². The van der Waals surface area contributed by atoms with Crippen LogP contribution in [0.25, 0.3) is 0 Å². The molecule has 1 N–H and O–H groups in total. The quantitative estimate of drug-likeness (QED) is 0.802. The van der Waals surface area contributed by atoms with E-state index >= 15 is 0 Å². The van der Waals surface area contributed by atoms with Crippen LogP contribution in [-0.4, -0.2) is 42.4 Å². The molecule has 21 heavy (non-hydrogen) atoms. The zero-order valence-electron chi connectivity index (χ0n) is 12.9. The van der Waals surface area contributed by atoms with Crippen LogP contribution in [0.15, 0.2) is 24.3 Å². The van der Waals surface area contributed by atoms with E-state index in [1.54, 1.807) is 24.3 Å². The molecule has 0 saturated heterocycles. The van der Waals surface area contributed by atoms with Gasteiger partial charge >= 0.3 is 0 Å². The van der Waals surface area contributed by atoms with Crippen molar-refractivity contribution >= 4 is 23.4 Å². The van der Waals surface area contributed by atoms with Gasteiger partial charge in [0.25, 0.3) is 0 Å². The van der Waals surface area contributed by atoms with E-state index in [9.17, 15) is 4.79 Å². The molecule has 1 unspecified atom stereocenters. The molecule has 0 aliphatic heterocycles. The molecular weight excluding hydrogens is 282 g/mol. The van der Waals surface area contributed by atoms with Crippen LogP contribution in [-0.2, 0) is 4.79 Å². The Bertz CT molecular complexity index is 481. The molecule has 0 radical (unpaired) electrons. The summed E-state index contributed by atoms with van der Waals surface area (Å²) in [5.74, 6) is 1.09. The Kier molecular flexibility index (Phi) is 7.88. The highest BCUT2D eigenvalue weighted by atomic mass is 32.2. The van der Waals surface area contributed by atoms with E-state index in [1.807, 2.05) is 11.8 Å². The Morgan fingerprint density at radius 3 is 2.62 bits per heavy atom. The first-order valence-electron chi connectivity index (χ1n) is 7.09. The van der Waals surface area contributed by atoms with Crippen molar-refractivity contribution in [2.45, 2.75) is 25.8 Å². The minimum Gasteiger partial charge on any atom is -0.326 e. The fourth-order valence-electron chi connectivity index (χ4n) is 2.06. The smallest absolute Gasteiger partial charge is 0.225 e. The molecular formula is C16H23N3OS. The number of carbonyl (C=O) groups is 1. The molecule has 0 saturated carbocycles. The van der Waals surface area contributed by atoms with Crippen molar-refractivity contribution in [1.82, 2.24) is 4.90 Å². The lowest BCUT2D eigenvalue weighted by molar-refractivity contribution is -0.116. The first-order chi connectivity index (χ1) is 10.1. The molecule has 1 rings (SSSR count). The molecule has 0 aliphatic carbocycles. The zero-order valence-corrected chi connectivity index (χ0v) is 13.7. The summed E-state index contributed by atoms with van der Waals surface area (Å²) in [6, 6.07) is 9.48. The highest BCUT2D eigenvalue weighted by Crippen LogP contribution is 2.11. The van der Waals surface area contributed by atoms with Gasteiger partial charge in [-0.25, -0.2) is 0 Å². The molecule has 1 amide bonds. The minimum absolute atomic E-state index is 0.00515. The van der Waals surface area contributed by atoms with Gasteiger partial charge in [0, 0.05) is 30.4 Å². The Balaban J connectivity index is 2.41. The summed E-state index contributed by atoms with van der Waals surface area (Å²) in [5, 5.41) is 11.6. The van der Waals surface area contributed by atoms with Crippen molar-refractivity contribution in [1.29, 1.82) is 5.26 Å². The van der Waals surface area contributed by atoms with E-state index in [1.165, 1.54) is 0 Å². The third-order valence-electron chi connectivity index (χ3n) is 3.44. The summed E-state index contributed by atoms with van der Waals surface area (Å²) >= 11 is 1.83. The number of anilines is 1. The number of rotatable bonds is 8. The molecule has 1 aromatic rings. The third kappa shape index (κ3) is 6.19. The molecule has 1 aromatic carbocycles. The van der Waals surface area contributed by atoms with Crippen LogP contribution >= 0.6 is 11.8 Å². The molecule has 0 aliphatic rings. The maximum Gasteiger partial charge on any atom is 0.225 e. The number of hydrogen-bond acceptors (Lipinski definition) is 4. The molecule has 4 nitrogen and oxygen atoms in total. The molecule has 1 atom stereocenters. The summed E-state index contributed by atoms with van der Waals surface area (Å²) < 4.78 is 0. The van der Waals surface area contributed by atoms with Gasteiger partial charge in [0.05, 0.1) is 11.6 Å². The molecule has 0 aromatic heterocycles. The predicted molar refractivity (Wildman–Crippen MR) is 89.5 cm³/mol. The normalized spacial score (nSPS) is 12.0. The number of hydrogen-bond donors (Lipinski definition) is 1. The van der Waals surface area contributed by atoms with E-state index in [0.29, 0.717) is 18.0 Å². The zero-order chi connectivity index (χ0) is 15.7. The van der Waals surface area contributed by atoms with Gasteiger partial charge in [-0.3, -0.25) is 4.79 Å². The largest absolute Gasteiger partial charge is 0.326 e. The summed E-state index contributed by atoms with van der Waals surface area (Å²) in [6.07, 6.45) is 3.67. The van der Waals surface area contributed by atoms with Crippen LogP contribution in [0.3, 0.4) is 0 Å². The fourth-order valence-corrected chi connectivity index (χ4v) is 2.94. The summed E-state index contributed by atoms with van der Waals surface area (Å²) in [4.78, 5) is 14.2. The average Bonchev–Trinajstić information content (AvgIpc) is 2.51. The van der Waals surface area contributed by atoms with Gasteiger partial charge in [0.1, 0.15) is 0 Å². The van der Waals surface area contributed by atoms with Crippen LogP contribution in [0.2, 0.25) is 0 Å². The average molecular weight is 305 g/mol. The molecule has 0 bridgehead atoms. The van der Waals surface area contributed by atoms with Crippen molar-refractivity contribution in [3.8, 4) is 6.07 Å². The van der Waals surface area contributed by atoms with Gasteiger partial charge in [-0.05, 0) is 44.0 Å². The topological polar surface area (TPSA) is 56.1 Å². The number of benzene rings is 1. The van der Waals surface area contributed by atoms with Gasteiger partial charge in [-0.2, -0.15) is 17.0 Å². The van der Waals surface area contributed by atoms with Crippen LogP contribution < -0.4 is 5.32 Å². The summed E-state index contributed by atoms with van der Waals surface area (Å²) in [5.41, 5.74) is 1.33. The van der Waals surface area contributed by atoms with Gasteiger partial charge in [-0.1, -0.05) is 6.92 Å². The van der Waals surface area contributed by atoms with Crippen molar-refractivity contribution in [2.24, 2.45) is 0 Å². The fraction of sp³-hybridized carbons (Fsp3) is 0.500. The summed E-state index contributed by atoms with van der Waals surface area (Å²) in [7, 11) is 2.07. The SMILES string of the molecule is CCC(CSC)N(C)CCC(=O)Nc1ccc(C#N)cc1. The molecule has 0 heterocycles. The monoisotopic (exact) mass is 305 g/mol. The first kappa shape index (κ1) is 17.5. The highest BCUT2D eigenvalue weighted by Gasteiger charge is 2.13. The lowest BCUT2D eigenvalue weighted by Gasteiger charge is -2.26. The molecule has 114 valence electrons. The van der Waals surface area contributed by atoms with Crippen molar-refractivity contribution in [3.63, 3.8) is 0 Å². The van der Waals surface area contributed by atoms with Gasteiger partial charge in [0.2, 0.25) is 5.91 Å². The van der Waals surface area contributed by atoms with E-state index in [-0.39, 0.29) is 5.91 Å². The van der Waals surface area contributed by atoms with Crippen LogP contribution in [0.4, 0.5) is 5.69 Å². The van der Waals surface area contributed by atoms with Crippen LogP contribution in [0.5, 0.6) is 0 Å². The van der Waals surface area contributed by atoms with Crippen molar-refractivity contribution in [2.75, 3.05) is 30.9 Å². The minimum atomic E-state index is 0.00515. The molecule has 0 spiro atoms. The van der Waals surface area contributed by atoms with Crippen LogP contribution in [0.1, 0.15) is 25.3 Å². The van der Waals surface area contributed by atoms with E-state index < -0.39 is 0 Å². The van der Waals surface area contributed by atoms with Crippen molar-refractivity contribution < 1.29 is 4.79 Å². The van der Waals surface area contributed by atoms with E-state index in [2.05, 4.69) is 36.5 Å². The van der Waals surface area contributed by atoms with E-state index in [4.69, 9.17) is 5.26 Å². The second-order valence-corrected chi connectivity index (χ2v) is 5.90.